The second-order valence-corrected chi connectivity index (χ2v) is 7.75. The molecule has 27 heavy (non-hydrogen) atoms. The molecule has 1 saturated heterocycles. The van der Waals surface area contributed by atoms with Crippen molar-refractivity contribution in [1.82, 2.24) is 20.7 Å². The molecule has 1 aromatic rings. The van der Waals surface area contributed by atoms with Crippen molar-refractivity contribution in [2.75, 3.05) is 13.6 Å². The minimum atomic E-state index is -0.823. The fourth-order valence-corrected chi connectivity index (χ4v) is 3.92. The number of imide groups is 1. The van der Waals surface area contributed by atoms with Crippen molar-refractivity contribution in [2.24, 2.45) is 0 Å². The summed E-state index contributed by atoms with van der Waals surface area (Å²) in [5.74, 6) is -1.46. The standard InChI is InChI=1S/C18H21BrN4O4/c1-22-17(27)23(16(26)18(22)9-3-2-4-10-18)11-14(24)20-21-15(25)12-5-7-13(19)8-6-12/h5-8H,2-4,9-11H2,1H3,(H,20,24)(H,21,25). The number of hydrogen-bond donors (Lipinski definition) is 2. The highest BCUT2D eigenvalue weighted by Gasteiger charge is 2.55. The average Bonchev–Trinajstić information content (AvgIpc) is 2.83. The first-order valence-electron chi connectivity index (χ1n) is 8.80. The SMILES string of the molecule is CN1C(=O)N(CC(=O)NNC(=O)c2ccc(Br)cc2)C(=O)C12CCCCC2. The van der Waals surface area contributed by atoms with Crippen LogP contribution in [0, 0.1) is 0 Å². The summed E-state index contributed by atoms with van der Waals surface area (Å²) in [6, 6.07) is 6.13. The van der Waals surface area contributed by atoms with E-state index in [2.05, 4.69) is 26.8 Å². The number of carbonyl (C=O) groups excluding carboxylic acids is 4. The highest BCUT2D eigenvalue weighted by Crippen LogP contribution is 2.39. The number of carbonyl (C=O) groups is 4. The molecule has 5 amide bonds. The van der Waals surface area contributed by atoms with E-state index >= 15 is 0 Å². The van der Waals surface area contributed by atoms with Gasteiger partial charge in [0, 0.05) is 17.1 Å². The van der Waals surface area contributed by atoms with Crippen LogP contribution >= 0.6 is 15.9 Å². The van der Waals surface area contributed by atoms with E-state index in [0.717, 1.165) is 28.6 Å². The monoisotopic (exact) mass is 436 g/mol. The Kier molecular flexibility index (Phi) is 5.50. The zero-order valence-corrected chi connectivity index (χ0v) is 16.5. The number of halogens is 1. The summed E-state index contributed by atoms with van der Waals surface area (Å²) in [5.41, 5.74) is 4.09. The Morgan fingerprint density at radius 2 is 1.70 bits per heavy atom. The summed E-state index contributed by atoms with van der Waals surface area (Å²) >= 11 is 3.28. The molecular formula is C18H21BrN4O4. The van der Waals surface area contributed by atoms with Crippen molar-refractivity contribution < 1.29 is 19.2 Å². The van der Waals surface area contributed by atoms with Gasteiger partial charge in [0.15, 0.2) is 0 Å². The van der Waals surface area contributed by atoms with E-state index in [4.69, 9.17) is 0 Å². The van der Waals surface area contributed by atoms with Gasteiger partial charge in [-0.15, -0.1) is 0 Å². The number of benzene rings is 1. The molecular weight excluding hydrogens is 416 g/mol. The fourth-order valence-electron chi connectivity index (χ4n) is 3.65. The van der Waals surface area contributed by atoms with E-state index in [-0.39, 0.29) is 5.91 Å². The molecule has 1 heterocycles. The lowest BCUT2D eigenvalue weighted by molar-refractivity contribution is -0.137. The first-order valence-corrected chi connectivity index (χ1v) is 9.59. The molecule has 1 saturated carbocycles. The second kappa shape index (κ2) is 7.67. The number of likely N-dealkylation sites (N-methyl/N-ethyl adjacent to an activating group) is 1. The van der Waals surface area contributed by atoms with E-state index in [0.29, 0.717) is 18.4 Å². The molecule has 2 aliphatic rings. The number of nitrogens with zero attached hydrogens (tertiary/aromatic N) is 2. The number of amides is 5. The van der Waals surface area contributed by atoms with Crippen molar-refractivity contribution in [2.45, 2.75) is 37.6 Å². The van der Waals surface area contributed by atoms with Crippen LogP contribution in [-0.4, -0.2) is 52.7 Å². The van der Waals surface area contributed by atoms with Gasteiger partial charge in [0.25, 0.3) is 17.7 Å². The molecule has 2 N–H and O–H groups in total. The van der Waals surface area contributed by atoms with E-state index in [9.17, 15) is 19.2 Å². The number of nitrogens with one attached hydrogen (secondary N) is 2. The highest BCUT2D eigenvalue weighted by atomic mass is 79.9. The zero-order chi connectivity index (χ0) is 19.6. The topological polar surface area (TPSA) is 98.8 Å². The Bertz CT molecular complexity index is 774. The molecule has 0 radical (unpaired) electrons. The number of hydrogen-bond acceptors (Lipinski definition) is 4. The first kappa shape index (κ1) is 19.3. The van der Waals surface area contributed by atoms with Crippen molar-refractivity contribution in [3.05, 3.63) is 34.3 Å². The molecule has 9 heteroatoms. The van der Waals surface area contributed by atoms with Gasteiger partial charge in [0.05, 0.1) is 0 Å². The summed E-state index contributed by atoms with van der Waals surface area (Å²) in [6.07, 6.45) is 4.04. The lowest BCUT2D eigenvalue weighted by atomic mass is 9.81. The largest absolute Gasteiger partial charge is 0.327 e. The van der Waals surface area contributed by atoms with Gasteiger partial charge in [-0.3, -0.25) is 30.1 Å². The fraction of sp³-hybridized carbons (Fsp3) is 0.444. The normalized spacial score (nSPS) is 18.7. The van der Waals surface area contributed by atoms with Crippen LogP contribution in [0.5, 0.6) is 0 Å². The minimum absolute atomic E-state index is 0.330. The van der Waals surface area contributed by atoms with Gasteiger partial charge >= 0.3 is 6.03 Å². The summed E-state index contributed by atoms with van der Waals surface area (Å²) in [4.78, 5) is 51.9. The van der Waals surface area contributed by atoms with Gasteiger partial charge in [-0.2, -0.15) is 0 Å². The van der Waals surface area contributed by atoms with E-state index in [1.807, 2.05) is 0 Å². The van der Waals surface area contributed by atoms with Gasteiger partial charge in [0.1, 0.15) is 12.1 Å². The van der Waals surface area contributed by atoms with Crippen LogP contribution in [0.15, 0.2) is 28.7 Å². The Hall–Kier alpha value is -2.42. The van der Waals surface area contributed by atoms with Gasteiger partial charge < -0.3 is 4.90 Å². The molecule has 1 spiro atoms. The van der Waals surface area contributed by atoms with Crippen LogP contribution in [0.3, 0.4) is 0 Å². The maximum absolute atomic E-state index is 12.8. The van der Waals surface area contributed by atoms with E-state index < -0.39 is 29.9 Å². The van der Waals surface area contributed by atoms with Crippen molar-refractivity contribution in [3.8, 4) is 0 Å². The number of urea groups is 1. The predicted molar refractivity (Wildman–Crippen MR) is 100 cm³/mol. The Labute approximate surface area is 165 Å². The third kappa shape index (κ3) is 3.69. The van der Waals surface area contributed by atoms with E-state index in [1.165, 1.54) is 4.90 Å². The first-order chi connectivity index (χ1) is 12.8. The molecule has 2 fully saturated rings. The summed E-state index contributed by atoms with van der Waals surface area (Å²) < 4.78 is 0.829. The smallest absolute Gasteiger partial charge is 0.313 e. The summed E-state index contributed by atoms with van der Waals surface area (Å²) in [6.45, 7) is -0.426. The average molecular weight is 437 g/mol. The maximum atomic E-state index is 12.8. The lowest BCUT2D eigenvalue weighted by Crippen LogP contribution is -2.50. The minimum Gasteiger partial charge on any atom is -0.313 e. The zero-order valence-electron chi connectivity index (χ0n) is 15.0. The van der Waals surface area contributed by atoms with Crippen LogP contribution in [-0.2, 0) is 9.59 Å². The highest BCUT2D eigenvalue weighted by molar-refractivity contribution is 9.10. The van der Waals surface area contributed by atoms with Gasteiger partial charge in [-0.1, -0.05) is 35.2 Å². The maximum Gasteiger partial charge on any atom is 0.327 e. The second-order valence-electron chi connectivity index (χ2n) is 6.83. The van der Waals surface area contributed by atoms with Crippen LogP contribution in [0.4, 0.5) is 4.79 Å². The Balaban J connectivity index is 1.59. The van der Waals surface area contributed by atoms with Gasteiger partial charge in [-0.05, 0) is 37.1 Å². The molecule has 8 nitrogen and oxygen atoms in total. The van der Waals surface area contributed by atoms with Crippen molar-refractivity contribution >= 4 is 39.7 Å². The Morgan fingerprint density at radius 3 is 2.33 bits per heavy atom. The number of hydrazine groups is 1. The van der Waals surface area contributed by atoms with E-state index in [1.54, 1.807) is 31.3 Å². The quantitative estimate of drug-likeness (QED) is 0.557. The summed E-state index contributed by atoms with van der Waals surface area (Å²) in [5, 5.41) is 0. The van der Waals surface area contributed by atoms with Gasteiger partial charge in [-0.25, -0.2) is 4.79 Å². The third-order valence-corrected chi connectivity index (χ3v) is 5.74. The van der Waals surface area contributed by atoms with Gasteiger partial charge in [0.2, 0.25) is 0 Å². The lowest BCUT2D eigenvalue weighted by Gasteiger charge is -2.35. The summed E-state index contributed by atoms with van der Waals surface area (Å²) in [7, 11) is 1.61. The predicted octanol–water partition coefficient (Wildman–Crippen LogP) is 1.81. The number of rotatable bonds is 3. The molecule has 144 valence electrons. The van der Waals surface area contributed by atoms with Crippen molar-refractivity contribution in [1.29, 1.82) is 0 Å². The van der Waals surface area contributed by atoms with Crippen LogP contribution in [0.1, 0.15) is 42.5 Å². The third-order valence-electron chi connectivity index (χ3n) is 5.21. The molecule has 1 aromatic carbocycles. The van der Waals surface area contributed by atoms with Crippen LogP contribution in [0.2, 0.25) is 0 Å². The van der Waals surface area contributed by atoms with Crippen molar-refractivity contribution in [3.63, 3.8) is 0 Å². The molecule has 3 rings (SSSR count). The molecule has 0 atom stereocenters. The Morgan fingerprint density at radius 1 is 1.07 bits per heavy atom. The van der Waals surface area contributed by atoms with Crippen LogP contribution in [0.25, 0.3) is 0 Å². The molecule has 0 aromatic heterocycles. The molecule has 1 aliphatic heterocycles. The molecule has 0 unspecified atom stereocenters. The molecule has 1 aliphatic carbocycles. The van der Waals surface area contributed by atoms with Crippen LogP contribution < -0.4 is 10.9 Å². The molecule has 0 bridgehead atoms.